The number of carbonyl (C=O) groups is 1. The van der Waals surface area contributed by atoms with Crippen molar-refractivity contribution in [3.8, 4) is 0 Å². The molecule has 0 unspecified atom stereocenters. The zero-order valence-corrected chi connectivity index (χ0v) is 15.7. The number of benzene rings is 1. The van der Waals surface area contributed by atoms with Gasteiger partial charge < -0.3 is 5.32 Å². The Balaban J connectivity index is 1.88. The van der Waals surface area contributed by atoms with Crippen LogP contribution in [0.25, 0.3) is 0 Å². The maximum Gasteiger partial charge on any atom is 0.326 e. The number of rotatable bonds is 1. The molecule has 1 aromatic carbocycles. The summed E-state index contributed by atoms with van der Waals surface area (Å²) in [7, 11) is 0. The van der Waals surface area contributed by atoms with E-state index in [4.69, 9.17) is 0 Å². The van der Waals surface area contributed by atoms with E-state index in [-0.39, 0.29) is 6.03 Å². The number of halogens is 1. The van der Waals surface area contributed by atoms with Gasteiger partial charge in [-0.05, 0) is 56.2 Å². The molecular formula is C17H18BrN3OS. The first-order valence-electron chi connectivity index (χ1n) is 7.41. The Bertz CT molecular complexity index is 779. The summed E-state index contributed by atoms with van der Waals surface area (Å²) in [5, 5.41) is 3.93. The molecule has 120 valence electrons. The van der Waals surface area contributed by atoms with Crippen molar-refractivity contribution in [2.24, 2.45) is 0 Å². The molecule has 0 spiro atoms. The second-order valence-corrected chi connectivity index (χ2v) is 7.57. The number of carbonyl (C=O) groups excluding carboxylic acids is 1. The van der Waals surface area contributed by atoms with Gasteiger partial charge in [0.1, 0.15) is 5.03 Å². The summed E-state index contributed by atoms with van der Waals surface area (Å²) in [5.74, 6) is 0.857. The molecule has 0 saturated heterocycles. The summed E-state index contributed by atoms with van der Waals surface area (Å²) in [5.41, 5.74) is 4.89. The molecular weight excluding hydrogens is 374 g/mol. The topological polar surface area (TPSA) is 45.2 Å². The van der Waals surface area contributed by atoms with Crippen LogP contribution in [0.2, 0.25) is 0 Å². The summed E-state index contributed by atoms with van der Waals surface area (Å²) in [6, 6.07) is 7.72. The van der Waals surface area contributed by atoms with Crippen molar-refractivity contribution in [3.63, 3.8) is 0 Å². The second-order valence-electron chi connectivity index (χ2n) is 5.63. The van der Waals surface area contributed by atoms with Crippen LogP contribution >= 0.6 is 27.7 Å². The van der Waals surface area contributed by atoms with Gasteiger partial charge in [0.25, 0.3) is 0 Å². The lowest BCUT2D eigenvalue weighted by Crippen LogP contribution is -2.39. The maximum atomic E-state index is 12.7. The predicted octanol–water partition coefficient (Wildman–Crippen LogP) is 4.91. The highest BCUT2D eigenvalue weighted by atomic mass is 79.9. The number of amides is 2. The highest BCUT2D eigenvalue weighted by molar-refractivity contribution is 9.10. The Morgan fingerprint density at radius 1 is 1.26 bits per heavy atom. The van der Waals surface area contributed by atoms with Crippen LogP contribution in [0.3, 0.4) is 0 Å². The Morgan fingerprint density at radius 2 is 2.04 bits per heavy atom. The summed E-state index contributed by atoms with van der Waals surface area (Å²) >= 11 is 5.19. The molecule has 0 bridgehead atoms. The lowest BCUT2D eigenvalue weighted by molar-refractivity contribution is 0.257. The number of hydrogen-bond donors (Lipinski definition) is 1. The zero-order valence-electron chi connectivity index (χ0n) is 13.3. The Kier molecular flexibility index (Phi) is 4.64. The molecule has 2 amide bonds. The number of nitrogens with zero attached hydrogens (tertiary/aromatic N) is 2. The van der Waals surface area contributed by atoms with Gasteiger partial charge >= 0.3 is 6.03 Å². The number of fused-ring (bicyclic) bond motifs is 1. The van der Waals surface area contributed by atoms with Crippen LogP contribution in [-0.4, -0.2) is 23.3 Å². The number of anilines is 2. The van der Waals surface area contributed by atoms with E-state index in [2.05, 4.69) is 26.2 Å². The average Bonchev–Trinajstić information content (AvgIpc) is 2.50. The standard InChI is InChI=1S/C17H18BrN3OS/c1-10-9-13(4-5-14(10)18)20-17(22)21-6-7-23-16-15(21)11(2)8-12(3)19-16/h4-5,8-9H,6-7H2,1-3H3,(H,20,22). The fourth-order valence-corrected chi connectivity index (χ4v) is 4.02. The number of aromatic nitrogens is 1. The molecule has 0 aliphatic carbocycles. The first kappa shape index (κ1) is 16.3. The molecule has 6 heteroatoms. The third kappa shape index (κ3) is 3.38. The number of thioether (sulfide) groups is 1. The van der Waals surface area contributed by atoms with Gasteiger partial charge in [-0.25, -0.2) is 9.78 Å². The van der Waals surface area contributed by atoms with Gasteiger partial charge in [0.05, 0.1) is 5.69 Å². The lowest BCUT2D eigenvalue weighted by Gasteiger charge is -2.30. The van der Waals surface area contributed by atoms with Gasteiger partial charge in [0.2, 0.25) is 0 Å². The van der Waals surface area contributed by atoms with Crippen molar-refractivity contribution in [2.75, 3.05) is 22.5 Å². The first-order valence-corrected chi connectivity index (χ1v) is 9.19. The van der Waals surface area contributed by atoms with Crippen LogP contribution in [0, 0.1) is 20.8 Å². The molecule has 1 aliphatic rings. The van der Waals surface area contributed by atoms with E-state index in [1.165, 1.54) is 0 Å². The molecule has 1 aliphatic heterocycles. The molecule has 1 N–H and O–H groups in total. The van der Waals surface area contributed by atoms with E-state index >= 15 is 0 Å². The van der Waals surface area contributed by atoms with Crippen molar-refractivity contribution in [3.05, 3.63) is 45.6 Å². The number of nitrogens with one attached hydrogen (secondary N) is 1. The van der Waals surface area contributed by atoms with Crippen LogP contribution in [0.5, 0.6) is 0 Å². The minimum Gasteiger partial charge on any atom is -0.308 e. The van der Waals surface area contributed by atoms with E-state index in [9.17, 15) is 4.79 Å². The predicted molar refractivity (Wildman–Crippen MR) is 99.7 cm³/mol. The van der Waals surface area contributed by atoms with Gasteiger partial charge in [0.15, 0.2) is 0 Å². The molecule has 1 aromatic heterocycles. The van der Waals surface area contributed by atoms with Gasteiger partial charge in [-0.15, -0.1) is 11.8 Å². The minimum absolute atomic E-state index is 0.109. The molecule has 0 fully saturated rings. The summed E-state index contributed by atoms with van der Waals surface area (Å²) in [6.07, 6.45) is 0. The molecule has 0 radical (unpaired) electrons. The minimum atomic E-state index is -0.109. The Labute approximate surface area is 148 Å². The molecule has 4 nitrogen and oxygen atoms in total. The fourth-order valence-electron chi connectivity index (χ4n) is 2.69. The SMILES string of the molecule is Cc1cc(C)c2c(n1)SCCN2C(=O)Nc1ccc(Br)c(C)c1. The normalized spacial score (nSPS) is 13.7. The molecule has 2 heterocycles. The zero-order chi connectivity index (χ0) is 16.6. The molecule has 23 heavy (non-hydrogen) atoms. The van der Waals surface area contributed by atoms with Crippen LogP contribution in [-0.2, 0) is 0 Å². The fraction of sp³-hybridized carbons (Fsp3) is 0.294. The summed E-state index contributed by atoms with van der Waals surface area (Å²) in [6.45, 7) is 6.70. The van der Waals surface area contributed by atoms with Gasteiger partial charge in [-0.2, -0.15) is 0 Å². The summed E-state index contributed by atoms with van der Waals surface area (Å²) in [4.78, 5) is 19.1. The van der Waals surface area contributed by atoms with Gasteiger partial charge in [-0.1, -0.05) is 15.9 Å². The van der Waals surface area contributed by atoms with Crippen LogP contribution in [0.4, 0.5) is 16.2 Å². The smallest absolute Gasteiger partial charge is 0.308 e. The van der Waals surface area contributed by atoms with E-state index in [1.54, 1.807) is 16.7 Å². The van der Waals surface area contributed by atoms with E-state index in [0.717, 1.165) is 43.4 Å². The molecule has 3 rings (SSSR count). The average molecular weight is 392 g/mol. The highest BCUT2D eigenvalue weighted by Crippen LogP contribution is 2.36. The monoisotopic (exact) mass is 391 g/mol. The second kappa shape index (κ2) is 6.53. The van der Waals surface area contributed by atoms with Crippen molar-refractivity contribution in [1.29, 1.82) is 0 Å². The van der Waals surface area contributed by atoms with E-state index in [0.29, 0.717) is 6.54 Å². The van der Waals surface area contributed by atoms with E-state index in [1.807, 2.05) is 45.0 Å². The maximum absolute atomic E-state index is 12.7. The van der Waals surface area contributed by atoms with Crippen LogP contribution in [0.1, 0.15) is 16.8 Å². The largest absolute Gasteiger partial charge is 0.326 e. The first-order chi connectivity index (χ1) is 11.0. The highest BCUT2D eigenvalue weighted by Gasteiger charge is 2.26. The molecule has 2 aromatic rings. The number of hydrogen-bond acceptors (Lipinski definition) is 3. The summed E-state index contributed by atoms with van der Waals surface area (Å²) < 4.78 is 1.03. The number of pyridine rings is 1. The quantitative estimate of drug-likeness (QED) is 0.750. The van der Waals surface area contributed by atoms with Crippen molar-refractivity contribution in [2.45, 2.75) is 25.8 Å². The number of urea groups is 1. The van der Waals surface area contributed by atoms with Gasteiger partial charge in [0, 0.05) is 28.2 Å². The van der Waals surface area contributed by atoms with Crippen molar-refractivity contribution in [1.82, 2.24) is 4.98 Å². The number of aryl methyl sites for hydroxylation is 3. The Morgan fingerprint density at radius 3 is 2.78 bits per heavy atom. The van der Waals surface area contributed by atoms with Crippen LogP contribution in [0.15, 0.2) is 33.8 Å². The van der Waals surface area contributed by atoms with Crippen molar-refractivity contribution >= 4 is 45.1 Å². The van der Waals surface area contributed by atoms with Crippen molar-refractivity contribution < 1.29 is 4.79 Å². The van der Waals surface area contributed by atoms with Gasteiger partial charge in [-0.3, -0.25) is 4.90 Å². The van der Waals surface area contributed by atoms with Crippen LogP contribution < -0.4 is 10.2 Å². The van der Waals surface area contributed by atoms with E-state index < -0.39 is 0 Å². The lowest BCUT2D eigenvalue weighted by atomic mass is 10.2. The third-order valence-electron chi connectivity index (χ3n) is 3.76. The Hall–Kier alpha value is -1.53. The molecule has 0 saturated carbocycles. The molecule has 0 atom stereocenters. The third-order valence-corrected chi connectivity index (χ3v) is 5.59.